The van der Waals surface area contributed by atoms with Crippen LogP contribution < -0.4 is 0 Å². The van der Waals surface area contributed by atoms with Gasteiger partial charge in [-0.15, -0.1) is 10.2 Å². The van der Waals surface area contributed by atoms with E-state index in [1.165, 1.54) is 43.2 Å². The number of thioether (sulfide) groups is 1. The molecule has 0 radical (unpaired) electrons. The minimum Gasteiger partial charge on any atom is -0.461 e. The molecule has 11 heteroatoms. The van der Waals surface area contributed by atoms with Crippen molar-refractivity contribution in [3.63, 3.8) is 0 Å². The molecule has 1 aliphatic carbocycles. The van der Waals surface area contributed by atoms with Gasteiger partial charge in [0, 0.05) is 23.7 Å². The molecule has 10 nitrogen and oxygen atoms in total. The maximum atomic E-state index is 11.0. The van der Waals surface area contributed by atoms with Crippen molar-refractivity contribution in [1.82, 2.24) is 24.9 Å². The lowest BCUT2D eigenvalue weighted by molar-refractivity contribution is -0.384. The Bertz CT molecular complexity index is 1210. The van der Waals surface area contributed by atoms with Gasteiger partial charge in [0.15, 0.2) is 10.9 Å². The molecular formula is C21H20N6O4S. The molecule has 0 N–H and O–H groups in total. The number of rotatable bonds is 7. The first kappa shape index (κ1) is 20.4. The normalized spacial score (nSPS) is 14.6. The number of furan rings is 1. The summed E-state index contributed by atoms with van der Waals surface area (Å²) < 4.78 is 13.1. The first-order valence-electron chi connectivity index (χ1n) is 10.4. The van der Waals surface area contributed by atoms with E-state index in [0.717, 1.165) is 23.8 Å². The summed E-state index contributed by atoms with van der Waals surface area (Å²) in [5, 5.41) is 24.6. The molecule has 5 rings (SSSR count). The molecule has 164 valence electrons. The van der Waals surface area contributed by atoms with Gasteiger partial charge in [-0.2, -0.15) is 4.98 Å². The summed E-state index contributed by atoms with van der Waals surface area (Å²) >= 11 is 1.47. The van der Waals surface area contributed by atoms with Gasteiger partial charge in [-0.1, -0.05) is 48.3 Å². The van der Waals surface area contributed by atoms with Crippen LogP contribution in [0, 0.1) is 10.1 Å². The molecule has 3 aromatic heterocycles. The molecule has 0 spiro atoms. The van der Waals surface area contributed by atoms with Gasteiger partial charge in [0.05, 0.1) is 16.9 Å². The third kappa shape index (κ3) is 4.15. The van der Waals surface area contributed by atoms with E-state index in [1.807, 2.05) is 12.1 Å². The third-order valence-electron chi connectivity index (χ3n) is 5.45. The Kier molecular flexibility index (Phi) is 5.71. The highest BCUT2D eigenvalue weighted by Crippen LogP contribution is 2.36. The molecule has 0 amide bonds. The molecule has 0 atom stereocenters. The number of nitro groups is 1. The van der Waals surface area contributed by atoms with Crippen LogP contribution in [0.2, 0.25) is 0 Å². The highest BCUT2D eigenvalue weighted by atomic mass is 32.2. The maximum absolute atomic E-state index is 11.0. The zero-order chi connectivity index (χ0) is 21.9. The van der Waals surface area contributed by atoms with Crippen molar-refractivity contribution < 1.29 is 13.9 Å². The molecule has 0 saturated heterocycles. The highest BCUT2D eigenvalue weighted by molar-refractivity contribution is 7.98. The van der Waals surface area contributed by atoms with Crippen molar-refractivity contribution in [2.75, 3.05) is 0 Å². The molecule has 1 saturated carbocycles. The fourth-order valence-corrected chi connectivity index (χ4v) is 4.78. The van der Waals surface area contributed by atoms with E-state index >= 15 is 0 Å². The van der Waals surface area contributed by atoms with Crippen molar-refractivity contribution in [1.29, 1.82) is 0 Å². The summed E-state index contributed by atoms with van der Waals surface area (Å²) in [6.07, 6.45) is 7.41. The summed E-state index contributed by atoms with van der Waals surface area (Å²) in [6, 6.07) is 10.2. The van der Waals surface area contributed by atoms with Crippen molar-refractivity contribution in [3.05, 3.63) is 58.7 Å². The van der Waals surface area contributed by atoms with Crippen LogP contribution in [0.15, 0.2) is 56.8 Å². The fraction of sp³-hybridized carbons (Fsp3) is 0.333. The van der Waals surface area contributed by atoms with Gasteiger partial charge in [0.2, 0.25) is 17.5 Å². The zero-order valence-corrected chi connectivity index (χ0v) is 17.9. The van der Waals surface area contributed by atoms with E-state index in [2.05, 4.69) is 24.9 Å². The predicted molar refractivity (Wildman–Crippen MR) is 116 cm³/mol. The van der Waals surface area contributed by atoms with Crippen LogP contribution in [0.5, 0.6) is 0 Å². The molecule has 4 aromatic rings. The second-order valence-electron chi connectivity index (χ2n) is 7.55. The van der Waals surface area contributed by atoms with Crippen LogP contribution in [0.3, 0.4) is 0 Å². The lowest BCUT2D eigenvalue weighted by Gasteiger charge is -2.25. The van der Waals surface area contributed by atoms with Gasteiger partial charge in [-0.25, -0.2) is 0 Å². The molecule has 1 fully saturated rings. The van der Waals surface area contributed by atoms with Gasteiger partial charge in [0.1, 0.15) is 0 Å². The number of hydrogen-bond acceptors (Lipinski definition) is 9. The molecule has 0 bridgehead atoms. The van der Waals surface area contributed by atoms with Crippen LogP contribution >= 0.6 is 11.8 Å². The minimum absolute atomic E-state index is 0.0192. The van der Waals surface area contributed by atoms with Gasteiger partial charge >= 0.3 is 0 Å². The first-order chi connectivity index (χ1) is 15.7. The quantitative estimate of drug-likeness (QED) is 0.209. The topological polar surface area (TPSA) is 126 Å². The number of benzene rings is 1. The summed E-state index contributed by atoms with van der Waals surface area (Å²) in [7, 11) is 0. The van der Waals surface area contributed by atoms with Crippen molar-refractivity contribution in [3.8, 4) is 23.0 Å². The Morgan fingerprint density at radius 1 is 1.16 bits per heavy atom. The van der Waals surface area contributed by atoms with E-state index < -0.39 is 4.92 Å². The number of non-ortho nitro benzene ring substituents is 1. The van der Waals surface area contributed by atoms with Crippen LogP contribution in [0.4, 0.5) is 5.69 Å². The molecule has 0 aliphatic heterocycles. The second-order valence-corrected chi connectivity index (χ2v) is 8.50. The molecule has 32 heavy (non-hydrogen) atoms. The van der Waals surface area contributed by atoms with E-state index in [9.17, 15) is 10.1 Å². The predicted octanol–water partition coefficient (Wildman–Crippen LogP) is 5.29. The van der Waals surface area contributed by atoms with Gasteiger partial charge < -0.3 is 8.94 Å². The molecule has 1 aromatic carbocycles. The van der Waals surface area contributed by atoms with E-state index in [1.54, 1.807) is 18.4 Å². The zero-order valence-electron chi connectivity index (χ0n) is 17.1. The molecule has 3 heterocycles. The van der Waals surface area contributed by atoms with Crippen LogP contribution in [-0.4, -0.2) is 29.8 Å². The van der Waals surface area contributed by atoms with Crippen molar-refractivity contribution >= 4 is 17.4 Å². The number of nitrogens with zero attached hydrogens (tertiary/aromatic N) is 6. The van der Waals surface area contributed by atoms with Crippen LogP contribution in [0.1, 0.15) is 44.0 Å². The average molecular weight is 452 g/mol. The number of nitro benzene ring substituents is 1. The largest absolute Gasteiger partial charge is 0.461 e. The standard InChI is InChI=1S/C21H20N6O4S/c28-27(29)16-9-4-6-14(12-16)19-22-18(31-25-19)13-32-21-24-23-20(17-10-5-11-30-17)26(21)15-7-2-1-3-8-15/h4-6,9-12,15H,1-3,7-8,13H2. The number of hydrogen-bond donors (Lipinski definition) is 0. The van der Waals surface area contributed by atoms with Crippen molar-refractivity contribution in [2.45, 2.75) is 49.1 Å². The van der Waals surface area contributed by atoms with Crippen molar-refractivity contribution in [2.24, 2.45) is 0 Å². The SMILES string of the molecule is O=[N+]([O-])c1cccc(-c2noc(CSc3nnc(-c4ccco4)n3C3CCCCC3)n2)c1. The second kappa shape index (κ2) is 8.95. The summed E-state index contributed by atoms with van der Waals surface area (Å²) in [5.41, 5.74) is 0.513. The third-order valence-corrected chi connectivity index (χ3v) is 6.38. The number of aromatic nitrogens is 5. The highest BCUT2D eigenvalue weighted by Gasteiger charge is 2.25. The average Bonchev–Trinajstić information content (AvgIpc) is 3.59. The molecular weight excluding hydrogens is 432 g/mol. The minimum atomic E-state index is -0.449. The Labute approximate surface area is 187 Å². The Balaban J connectivity index is 1.36. The first-order valence-corrected chi connectivity index (χ1v) is 11.4. The Morgan fingerprint density at radius 3 is 2.81 bits per heavy atom. The van der Waals surface area contributed by atoms with Gasteiger partial charge in [0.25, 0.3) is 5.69 Å². The fourth-order valence-electron chi connectivity index (χ4n) is 3.93. The van der Waals surface area contributed by atoms with Gasteiger partial charge in [-0.3, -0.25) is 14.7 Å². The summed E-state index contributed by atoms with van der Waals surface area (Å²) in [4.78, 5) is 15.0. The Morgan fingerprint density at radius 2 is 2.03 bits per heavy atom. The molecule has 1 aliphatic rings. The van der Waals surface area contributed by atoms with Gasteiger partial charge in [-0.05, 0) is 25.0 Å². The maximum Gasteiger partial charge on any atom is 0.270 e. The molecule has 0 unspecified atom stereocenters. The lowest BCUT2D eigenvalue weighted by atomic mass is 9.95. The Hall–Kier alpha value is -3.47. The summed E-state index contributed by atoms with van der Waals surface area (Å²) in [6.45, 7) is 0. The van der Waals surface area contributed by atoms with E-state index in [-0.39, 0.29) is 5.69 Å². The smallest absolute Gasteiger partial charge is 0.270 e. The van der Waals surface area contributed by atoms with Crippen LogP contribution in [0.25, 0.3) is 23.0 Å². The lowest BCUT2D eigenvalue weighted by Crippen LogP contribution is -2.15. The van der Waals surface area contributed by atoms with E-state index in [0.29, 0.717) is 34.8 Å². The van der Waals surface area contributed by atoms with E-state index in [4.69, 9.17) is 8.94 Å². The summed E-state index contributed by atoms with van der Waals surface area (Å²) in [5.74, 6) is 2.56. The van der Waals surface area contributed by atoms with Crippen LogP contribution in [-0.2, 0) is 5.75 Å². The monoisotopic (exact) mass is 452 g/mol.